The van der Waals surface area contributed by atoms with Crippen molar-refractivity contribution >= 4 is 5.91 Å². The van der Waals surface area contributed by atoms with Gasteiger partial charge in [-0.15, -0.1) is 0 Å². The zero-order valence-corrected chi connectivity index (χ0v) is 12.0. The van der Waals surface area contributed by atoms with E-state index in [4.69, 9.17) is 0 Å². The first-order valence-corrected chi connectivity index (χ1v) is 7.34. The van der Waals surface area contributed by atoms with Crippen LogP contribution in [-0.4, -0.2) is 5.91 Å². The van der Waals surface area contributed by atoms with Crippen molar-refractivity contribution in [3.63, 3.8) is 0 Å². The van der Waals surface area contributed by atoms with Gasteiger partial charge in [-0.25, -0.2) is 0 Å². The summed E-state index contributed by atoms with van der Waals surface area (Å²) >= 11 is 0. The van der Waals surface area contributed by atoms with E-state index >= 15 is 0 Å². The van der Waals surface area contributed by atoms with E-state index in [9.17, 15) is 4.79 Å². The monoisotopic (exact) mass is 277 g/mol. The van der Waals surface area contributed by atoms with Gasteiger partial charge in [-0.05, 0) is 24.0 Å². The van der Waals surface area contributed by atoms with Crippen LogP contribution in [0.15, 0.2) is 72.8 Å². The SMILES string of the molecule is O=C(NCc1ccccc1)C1(c2ccccc2)CC=CC1. The Hall–Kier alpha value is -2.35. The topological polar surface area (TPSA) is 29.1 Å². The molecule has 0 saturated heterocycles. The van der Waals surface area contributed by atoms with Crippen LogP contribution >= 0.6 is 0 Å². The van der Waals surface area contributed by atoms with Crippen molar-refractivity contribution in [2.75, 3.05) is 0 Å². The van der Waals surface area contributed by atoms with Gasteiger partial charge >= 0.3 is 0 Å². The van der Waals surface area contributed by atoms with E-state index in [1.807, 2.05) is 48.5 Å². The molecule has 0 radical (unpaired) electrons. The number of benzene rings is 2. The van der Waals surface area contributed by atoms with Gasteiger partial charge in [0.05, 0.1) is 5.41 Å². The molecule has 1 aliphatic carbocycles. The Balaban J connectivity index is 1.77. The molecule has 1 amide bonds. The normalized spacial score (nSPS) is 15.8. The number of amides is 1. The predicted molar refractivity (Wildman–Crippen MR) is 84.8 cm³/mol. The molecule has 0 aliphatic heterocycles. The van der Waals surface area contributed by atoms with Gasteiger partial charge in [-0.2, -0.15) is 0 Å². The van der Waals surface area contributed by atoms with Crippen molar-refractivity contribution in [3.8, 4) is 0 Å². The van der Waals surface area contributed by atoms with Gasteiger partial charge in [0.2, 0.25) is 5.91 Å². The molecule has 0 bridgehead atoms. The van der Waals surface area contributed by atoms with Gasteiger partial charge in [0.15, 0.2) is 0 Å². The highest BCUT2D eigenvalue weighted by Gasteiger charge is 2.40. The molecule has 2 nitrogen and oxygen atoms in total. The number of hydrogen-bond acceptors (Lipinski definition) is 1. The fourth-order valence-corrected chi connectivity index (χ4v) is 2.91. The molecule has 0 atom stereocenters. The lowest BCUT2D eigenvalue weighted by Crippen LogP contribution is -2.42. The van der Waals surface area contributed by atoms with Crippen LogP contribution in [0.1, 0.15) is 24.0 Å². The number of carbonyl (C=O) groups excluding carboxylic acids is 1. The van der Waals surface area contributed by atoms with Gasteiger partial charge in [-0.3, -0.25) is 4.79 Å². The molecular weight excluding hydrogens is 258 g/mol. The Bertz CT molecular complexity index is 623. The Labute approximate surface area is 125 Å². The second-order valence-corrected chi connectivity index (χ2v) is 5.50. The number of allylic oxidation sites excluding steroid dienone is 2. The summed E-state index contributed by atoms with van der Waals surface area (Å²) in [6.45, 7) is 0.578. The summed E-state index contributed by atoms with van der Waals surface area (Å²) in [6, 6.07) is 20.1. The molecular formula is C19H19NO. The second kappa shape index (κ2) is 5.96. The highest BCUT2D eigenvalue weighted by molar-refractivity contribution is 5.89. The Morgan fingerprint density at radius 1 is 0.905 bits per heavy atom. The Morgan fingerprint density at radius 2 is 1.48 bits per heavy atom. The minimum atomic E-state index is -0.434. The molecule has 2 heteroatoms. The molecule has 1 aliphatic rings. The summed E-state index contributed by atoms with van der Waals surface area (Å²) in [5, 5.41) is 3.10. The first-order chi connectivity index (χ1) is 10.3. The summed E-state index contributed by atoms with van der Waals surface area (Å²) in [5.41, 5.74) is 1.79. The molecule has 106 valence electrons. The van der Waals surface area contributed by atoms with Crippen molar-refractivity contribution < 1.29 is 4.79 Å². The van der Waals surface area contributed by atoms with Crippen LogP contribution in [0.2, 0.25) is 0 Å². The zero-order chi connectivity index (χ0) is 14.5. The molecule has 0 fully saturated rings. The highest BCUT2D eigenvalue weighted by Crippen LogP contribution is 2.37. The van der Waals surface area contributed by atoms with Crippen molar-refractivity contribution in [1.82, 2.24) is 5.32 Å². The lowest BCUT2D eigenvalue weighted by molar-refractivity contribution is -0.126. The maximum absolute atomic E-state index is 12.8. The summed E-state index contributed by atoms with van der Waals surface area (Å²) in [7, 11) is 0. The van der Waals surface area contributed by atoms with Crippen LogP contribution in [0, 0.1) is 0 Å². The third kappa shape index (κ3) is 2.75. The van der Waals surface area contributed by atoms with Gasteiger partial charge in [0, 0.05) is 6.54 Å². The van der Waals surface area contributed by atoms with E-state index in [2.05, 4.69) is 29.6 Å². The molecule has 1 N–H and O–H groups in total. The van der Waals surface area contributed by atoms with Crippen molar-refractivity contribution in [2.45, 2.75) is 24.8 Å². The van der Waals surface area contributed by atoms with Crippen LogP contribution < -0.4 is 5.32 Å². The maximum atomic E-state index is 12.8. The standard InChI is InChI=1S/C19H19NO/c21-18(20-15-16-9-3-1-4-10-16)19(13-7-8-14-19)17-11-5-2-6-12-17/h1-12H,13-15H2,(H,20,21). The molecule has 2 aromatic carbocycles. The minimum Gasteiger partial charge on any atom is -0.351 e. The molecule has 0 spiro atoms. The minimum absolute atomic E-state index is 0.113. The maximum Gasteiger partial charge on any atom is 0.231 e. The van der Waals surface area contributed by atoms with Gasteiger partial charge in [0.25, 0.3) is 0 Å². The second-order valence-electron chi connectivity index (χ2n) is 5.50. The predicted octanol–water partition coefficient (Wildman–Crippen LogP) is 3.59. The van der Waals surface area contributed by atoms with E-state index < -0.39 is 5.41 Å². The van der Waals surface area contributed by atoms with E-state index in [0.717, 1.165) is 24.0 Å². The number of rotatable bonds is 4. The summed E-state index contributed by atoms with van der Waals surface area (Å²) in [4.78, 5) is 12.8. The van der Waals surface area contributed by atoms with E-state index in [1.165, 1.54) is 0 Å². The lowest BCUT2D eigenvalue weighted by atomic mass is 9.77. The van der Waals surface area contributed by atoms with Crippen molar-refractivity contribution in [3.05, 3.63) is 83.9 Å². The van der Waals surface area contributed by atoms with Gasteiger partial charge in [-0.1, -0.05) is 72.8 Å². The number of nitrogens with one attached hydrogen (secondary N) is 1. The first kappa shape index (κ1) is 13.6. The van der Waals surface area contributed by atoms with Crippen LogP contribution in [0.25, 0.3) is 0 Å². The largest absolute Gasteiger partial charge is 0.351 e. The number of hydrogen-bond donors (Lipinski definition) is 1. The Morgan fingerprint density at radius 3 is 2.10 bits per heavy atom. The fraction of sp³-hybridized carbons (Fsp3) is 0.211. The van der Waals surface area contributed by atoms with Crippen LogP contribution in [0.4, 0.5) is 0 Å². The smallest absolute Gasteiger partial charge is 0.231 e. The fourth-order valence-electron chi connectivity index (χ4n) is 2.91. The summed E-state index contributed by atoms with van der Waals surface area (Å²) in [5.74, 6) is 0.113. The summed E-state index contributed by atoms with van der Waals surface area (Å²) < 4.78 is 0. The molecule has 21 heavy (non-hydrogen) atoms. The molecule has 0 aromatic heterocycles. The molecule has 0 unspecified atom stereocenters. The van der Waals surface area contributed by atoms with Crippen molar-refractivity contribution in [1.29, 1.82) is 0 Å². The average Bonchev–Trinajstić information content (AvgIpc) is 3.05. The van der Waals surface area contributed by atoms with Crippen LogP contribution in [0.5, 0.6) is 0 Å². The first-order valence-electron chi connectivity index (χ1n) is 7.34. The van der Waals surface area contributed by atoms with Gasteiger partial charge in [0.1, 0.15) is 0 Å². The molecule has 0 heterocycles. The zero-order valence-electron chi connectivity index (χ0n) is 12.0. The third-order valence-corrected chi connectivity index (χ3v) is 4.16. The van der Waals surface area contributed by atoms with Crippen LogP contribution in [-0.2, 0) is 16.8 Å². The van der Waals surface area contributed by atoms with Crippen LogP contribution in [0.3, 0.4) is 0 Å². The Kier molecular flexibility index (Phi) is 3.87. The van der Waals surface area contributed by atoms with Crippen molar-refractivity contribution in [2.24, 2.45) is 0 Å². The quantitative estimate of drug-likeness (QED) is 0.850. The average molecular weight is 277 g/mol. The highest BCUT2D eigenvalue weighted by atomic mass is 16.2. The van der Waals surface area contributed by atoms with E-state index in [-0.39, 0.29) is 5.91 Å². The lowest BCUT2D eigenvalue weighted by Gasteiger charge is -2.28. The van der Waals surface area contributed by atoms with E-state index in [0.29, 0.717) is 6.54 Å². The van der Waals surface area contributed by atoms with Gasteiger partial charge < -0.3 is 5.32 Å². The van der Waals surface area contributed by atoms with E-state index in [1.54, 1.807) is 0 Å². The third-order valence-electron chi connectivity index (χ3n) is 4.16. The summed E-state index contributed by atoms with van der Waals surface area (Å²) in [6.07, 6.45) is 5.76. The molecule has 3 rings (SSSR count). The molecule has 0 saturated carbocycles. The molecule has 2 aromatic rings. The number of carbonyl (C=O) groups is 1.